The first-order valence-corrected chi connectivity index (χ1v) is 24.8. The molecule has 328 valence electrons. The van der Waals surface area contributed by atoms with Gasteiger partial charge in [-0.3, -0.25) is 0 Å². The molecule has 0 aromatic heterocycles. The molecule has 0 bridgehead atoms. The molecule has 0 N–H and O–H groups in total. The zero-order valence-electron chi connectivity index (χ0n) is 40.5. The maximum atomic E-state index is 2.60. The molecule has 8 aromatic rings. The number of benzene rings is 8. The Labute approximate surface area is 385 Å². The second kappa shape index (κ2) is 19.5. The van der Waals surface area contributed by atoms with Crippen molar-refractivity contribution in [3.8, 4) is 0 Å². The van der Waals surface area contributed by atoms with Gasteiger partial charge in [-0.05, 0) is 202 Å². The monoisotopic (exact) mass is 843 g/mol. The lowest BCUT2D eigenvalue weighted by Crippen LogP contribution is -2.14. The molecular formula is C62H70N2. The molecule has 64 heavy (non-hydrogen) atoms. The molecule has 2 nitrogen and oxygen atoms in total. The van der Waals surface area contributed by atoms with E-state index in [4.69, 9.17) is 0 Å². The van der Waals surface area contributed by atoms with E-state index < -0.39 is 0 Å². The zero-order chi connectivity index (χ0) is 45.1. The van der Waals surface area contributed by atoms with Crippen LogP contribution in [0.5, 0.6) is 0 Å². The Bertz CT molecular complexity index is 2670. The van der Waals surface area contributed by atoms with Crippen LogP contribution in [0.25, 0.3) is 32.3 Å². The van der Waals surface area contributed by atoms with Crippen LogP contribution in [0.4, 0.5) is 34.1 Å². The molecule has 0 atom stereocenters. The first kappa shape index (κ1) is 44.7. The second-order valence-electron chi connectivity index (χ2n) is 17.7. The SMILES string of the molecule is CCc1cc(CC)cc(N(c2cc(CC)c(CC)c(CC)c2)c2cc3c4ccccc4c(N(c4cc(CC)cc(CC)c4)c4cc(CC)c(CC)c(CC)c4)cc3c3ccccc23)c1. The minimum absolute atomic E-state index is 0.994. The van der Waals surface area contributed by atoms with Crippen LogP contribution in [0, 0.1) is 0 Å². The highest BCUT2D eigenvalue weighted by atomic mass is 15.2. The largest absolute Gasteiger partial charge is 0.310 e. The van der Waals surface area contributed by atoms with Crippen LogP contribution in [0.1, 0.15) is 125 Å². The smallest absolute Gasteiger partial charge is 0.0546 e. The van der Waals surface area contributed by atoms with Gasteiger partial charge in [0.1, 0.15) is 0 Å². The zero-order valence-corrected chi connectivity index (χ0v) is 40.5. The van der Waals surface area contributed by atoms with E-state index in [9.17, 15) is 0 Å². The average molecular weight is 843 g/mol. The highest BCUT2D eigenvalue weighted by molar-refractivity contribution is 6.24. The molecule has 2 heteroatoms. The molecule has 8 aromatic carbocycles. The summed E-state index contributed by atoms with van der Waals surface area (Å²) in [5.74, 6) is 0. The molecule has 0 radical (unpaired) electrons. The fraction of sp³-hybridized carbons (Fsp3) is 0.323. The van der Waals surface area contributed by atoms with Crippen LogP contribution in [0.3, 0.4) is 0 Å². The van der Waals surface area contributed by atoms with Crippen molar-refractivity contribution in [3.63, 3.8) is 0 Å². The third kappa shape index (κ3) is 8.22. The van der Waals surface area contributed by atoms with Crippen molar-refractivity contribution in [1.82, 2.24) is 0 Å². The van der Waals surface area contributed by atoms with E-state index >= 15 is 0 Å². The molecular weight excluding hydrogens is 773 g/mol. The number of hydrogen-bond donors (Lipinski definition) is 0. The standard InChI is InChI=1S/C62H70N2/c1-11-41-29-42(12-2)32-49(31-41)63(51-35-45(15-5)53(19-9)46(16-6)36-51)61-39-59-56-26-22-24-28-58(56)62(40-60(59)55-25-21-23-27-57(55)61)64(50-33-43(13-3)30-44(14-4)34-50)52-37-47(17-7)54(20-10)48(18-8)38-52/h21-40H,11-20H2,1-10H3. The Morgan fingerprint density at radius 3 is 0.812 bits per heavy atom. The minimum Gasteiger partial charge on any atom is -0.310 e. The second-order valence-corrected chi connectivity index (χ2v) is 17.7. The van der Waals surface area contributed by atoms with Gasteiger partial charge in [0.05, 0.1) is 11.4 Å². The maximum Gasteiger partial charge on any atom is 0.0546 e. The normalized spacial score (nSPS) is 11.6. The Hall–Kier alpha value is -5.86. The van der Waals surface area contributed by atoms with Crippen molar-refractivity contribution >= 4 is 66.4 Å². The van der Waals surface area contributed by atoms with E-state index in [1.807, 2.05) is 0 Å². The molecule has 0 spiro atoms. The maximum absolute atomic E-state index is 2.60. The summed E-state index contributed by atoms with van der Waals surface area (Å²) in [4.78, 5) is 5.20. The van der Waals surface area contributed by atoms with Crippen LogP contribution in [-0.4, -0.2) is 0 Å². The summed E-state index contributed by atoms with van der Waals surface area (Å²) in [7, 11) is 0. The van der Waals surface area contributed by atoms with Crippen molar-refractivity contribution in [2.75, 3.05) is 9.80 Å². The number of anilines is 6. The molecule has 0 aliphatic carbocycles. The number of aryl methyl sites for hydroxylation is 8. The van der Waals surface area contributed by atoms with Gasteiger partial charge in [0.15, 0.2) is 0 Å². The third-order valence-corrected chi connectivity index (χ3v) is 14.1. The van der Waals surface area contributed by atoms with Gasteiger partial charge in [-0.2, -0.15) is 0 Å². The van der Waals surface area contributed by atoms with Gasteiger partial charge in [0, 0.05) is 33.5 Å². The quantitative estimate of drug-likeness (QED) is 0.0894. The van der Waals surface area contributed by atoms with E-state index in [2.05, 4.69) is 200 Å². The van der Waals surface area contributed by atoms with E-state index in [1.54, 1.807) is 0 Å². The summed E-state index contributed by atoms with van der Waals surface area (Å²) in [5, 5.41) is 7.61. The predicted molar refractivity (Wildman–Crippen MR) is 282 cm³/mol. The van der Waals surface area contributed by atoms with Gasteiger partial charge in [0.2, 0.25) is 0 Å². The van der Waals surface area contributed by atoms with Gasteiger partial charge in [-0.1, -0.05) is 130 Å². The number of nitrogens with zero attached hydrogens (tertiary/aromatic N) is 2. The van der Waals surface area contributed by atoms with Gasteiger partial charge < -0.3 is 9.80 Å². The van der Waals surface area contributed by atoms with Crippen molar-refractivity contribution in [2.45, 2.75) is 133 Å². The van der Waals surface area contributed by atoms with Gasteiger partial charge >= 0.3 is 0 Å². The third-order valence-electron chi connectivity index (χ3n) is 14.1. The molecule has 0 unspecified atom stereocenters. The topological polar surface area (TPSA) is 6.48 Å². The Morgan fingerprint density at radius 2 is 0.547 bits per heavy atom. The lowest BCUT2D eigenvalue weighted by atomic mass is 9.91. The minimum atomic E-state index is 0.994. The first-order valence-electron chi connectivity index (χ1n) is 24.8. The van der Waals surface area contributed by atoms with E-state index in [1.165, 1.54) is 122 Å². The van der Waals surface area contributed by atoms with Gasteiger partial charge in [-0.15, -0.1) is 0 Å². The molecule has 0 saturated heterocycles. The average Bonchev–Trinajstić information content (AvgIpc) is 3.35. The molecule has 8 rings (SSSR count). The van der Waals surface area contributed by atoms with E-state index in [0.29, 0.717) is 0 Å². The first-order chi connectivity index (χ1) is 31.3. The van der Waals surface area contributed by atoms with Crippen molar-refractivity contribution < 1.29 is 0 Å². The van der Waals surface area contributed by atoms with Crippen molar-refractivity contribution in [3.05, 3.63) is 177 Å². The Balaban J connectivity index is 1.50. The van der Waals surface area contributed by atoms with Crippen LogP contribution in [-0.2, 0) is 64.2 Å². The summed E-state index contributed by atoms with van der Waals surface area (Å²) in [6.07, 6.45) is 10.1. The van der Waals surface area contributed by atoms with Crippen molar-refractivity contribution in [2.24, 2.45) is 0 Å². The van der Waals surface area contributed by atoms with Crippen molar-refractivity contribution in [1.29, 1.82) is 0 Å². The highest BCUT2D eigenvalue weighted by Gasteiger charge is 2.25. The number of rotatable bonds is 16. The molecule has 0 heterocycles. The fourth-order valence-electron chi connectivity index (χ4n) is 10.7. The predicted octanol–water partition coefficient (Wildman–Crippen LogP) is 17.7. The Morgan fingerprint density at radius 1 is 0.266 bits per heavy atom. The fourth-order valence-corrected chi connectivity index (χ4v) is 10.7. The summed E-state index contributed by atoms with van der Waals surface area (Å²) < 4.78 is 0. The van der Waals surface area contributed by atoms with Crippen LogP contribution in [0.2, 0.25) is 0 Å². The lowest BCUT2D eigenvalue weighted by Gasteiger charge is -2.32. The van der Waals surface area contributed by atoms with Crippen LogP contribution < -0.4 is 9.80 Å². The Kier molecular flexibility index (Phi) is 13.6. The summed E-state index contributed by atoms with van der Waals surface area (Å²) in [6, 6.07) is 48.0. The molecule has 0 aliphatic heterocycles. The van der Waals surface area contributed by atoms with E-state index in [0.717, 1.165) is 64.2 Å². The highest BCUT2D eigenvalue weighted by Crippen LogP contribution is 2.49. The molecule has 0 amide bonds. The van der Waals surface area contributed by atoms with Gasteiger partial charge in [0.25, 0.3) is 0 Å². The summed E-state index contributed by atoms with van der Waals surface area (Å²) in [6.45, 7) is 23.0. The number of fused-ring (bicyclic) bond motifs is 5. The molecule has 0 fully saturated rings. The molecule has 0 aliphatic rings. The van der Waals surface area contributed by atoms with Gasteiger partial charge in [-0.25, -0.2) is 0 Å². The lowest BCUT2D eigenvalue weighted by molar-refractivity contribution is 0.978. The number of hydrogen-bond acceptors (Lipinski definition) is 2. The summed E-state index contributed by atoms with van der Waals surface area (Å²) in [5.41, 5.74) is 21.7. The van der Waals surface area contributed by atoms with Crippen LogP contribution >= 0.6 is 0 Å². The molecule has 0 saturated carbocycles. The summed E-state index contributed by atoms with van der Waals surface area (Å²) >= 11 is 0. The van der Waals surface area contributed by atoms with Crippen LogP contribution in [0.15, 0.2) is 121 Å². The van der Waals surface area contributed by atoms with E-state index in [-0.39, 0.29) is 0 Å².